The van der Waals surface area contributed by atoms with Gasteiger partial charge >= 0.3 is 11.9 Å². The monoisotopic (exact) mass is 492 g/mol. The summed E-state index contributed by atoms with van der Waals surface area (Å²) in [5, 5.41) is 0.364. The molecule has 1 unspecified atom stereocenters. The van der Waals surface area contributed by atoms with Gasteiger partial charge in [-0.25, -0.2) is 4.79 Å². The average Bonchev–Trinajstić information content (AvgIpc) is 3.01. The van der Waals surface area contributed by atoms with Crippen molar-refractivity contribution in [3.63, 3.8) is 0 Å². The van der Waals surface area contributed by atoms with Crippen LogP contribution in [-0.2, 0) is 25.7 Å². The Morgan fingerprint density at radius 2 is 1.94 bits per heavy atom. The molecule has 8 heteroatoms. The van der Waals surface area contributed by atoms with E-state index in [1.807, 2.05) is 27.7 Å². The highest BCUT2D eigenvalue weighted by atomic mass is 79.9. The molecule has 1 aromatic heterocycles. The normalized spacial score (nSPS) is 27.2. The number of hydrogen-bond acceptors (Lipinski definition) is 7. The lowest BCUT2D eigenvalue weighted by molar-refractivity contribution is -0.184. The molecule has 0 spiro atoms. The van der Waals surface area contributed by atoms with Gasteiger partial charge in [-0.1, -0.05) is 29.8 Å². The van der Waals surface area contributed by atoms with E-state index < -0.39 is 22.4 Å². The molecule has 166 valence electrons. The van der Waals surface area contributed by atoms with Crippen LogP contribution in [0.2, 0.25) is 0 Å². The Balaban J connectivity index is 1.72. The zero-order chi connectivity index (χ0) is 22.8. The molecule has 0 radical (unpaired) electrons. The highest BCUT2D eigenvalue weighted by molar-refractivity contribution is 9.09. The van der Waals surface area contributed by atoms with Gasteiger partial charge in [0.25, 0.3) is 0 Å². The maximum absolute atomic E-state index is 13.2. The van der Waals surface area contributed by atoms with Crippen LogP contribution >= 0.6 is 15.9 Å². The molecule has 1 saturated carbocycles. The number of ether oxygens (including phenoxy) is 3. The van der Waals surface area contributed by atoms with Gasteiger partial charge in [0, 0.05) is 11.5 Å². The van der Waals surface area contributed by atoms with Crippen LogP contribution in [0.15, 0.2) is 27.4 Å². The second kappa shape index (κ2) is 7.08. The molecule has 1 aromatic carbocycles. The number of benzene rings is 1. The molecule has 2 heterocycles. The molecule has 2 fully saturated rings. The Kier molecular flexibility index (Phi) is 5.00. The fourth-order valence-electron chi connectivity index (χ4n) is 4.76. The molecule has 4 rings (SSSR count). The summed E-state index contributed by atoms with van der Waals surface area (Å²) in [4.78, 5) is 38.1. The van der Waals surface area contributed by atoms with Gasteiger partial charge in [0.05, 0.1) is 28.3 Å². The largest absolute Gasteiger partial charge is 0.496 e. The SMILES string of the molecule is COc1ccc2c(=O)cc(C(C)Br)oc2c1COC(=O)[C@]12CC[C@](C)(C(=O)O1)C2(C)C. The van der Waals surface area contributed by atoms with Crippen molar-refractivity contribution in [3.8, 4) is 5.75 Å². The predicted octanol–water partition coefficient (Wildman–Crippen LogP) is 4.42. The lowest BCUT2D eigenvalue weighted by atomic mass is 9.66. The van der Waals surface area contributed by atoms with E-state index in [1.54, 1.807) is 12.1 Å². The third-order valence-electron chi connectivity index (χ3n) is 7.35. The minimum Gasteiger partial charge on any atom is -0.496 e. The molecule has 7 nitrogen and oxygen atoms in total. The Labute approximate surface area is 188 Å². The molecule has 2 aliphatic rings. The standard InChI is InChI=1S/C23H25BrO7/c1-12(24)17-10-15(25)13-6-7-16(28-5)14(18(13)30-17)11-29-20(27)23-9-8-22(4,19(26)31-23)21(23,2)3/h6-7,10,12H,8-9,11H2,1-5H3/t12?,22-,23+/m1/s1. The number of hydrogen-bond donors (Lipinski definition) is 0. The summed E-state index contributed by atoms with van der Waals surface area (Å²) >= 11 is 3.42. The third kappa shape index (κ3) is 2.87. The number of carbonyl (C=O) groups excluding carboxylic acids is 2. The summed E-state index contributed by atoms with van der Waals surface area (Å²) in [6.07, 6.45) is 0.973. The van der Waals surface area contributed by atoms with Crippen molar-refractivity contribution in [3.05, 3.63) is 39.7 Å². The number of rotatable bonds is 5. The van der Waals surface area contributed by atoms with E-state index in [9.17, 15) is 14.4 Å². The second-order valence-electron chi connectivity index (χ2n) is 9.00. The summed E-state index contributed by atoms with van der Waals surface area (Å²) in [6, 6.07) is 4.70. The van der Waals surface area contributed by atoms with E-state index in [0.29, 0.717) is 40.9 Å². The van der Waals surface area contributed by atoms with Crippen molar-refractivity contribution in [1.82, 2.24) is 0 Å². The minimum absolute atomic E-state index is 0.181. The molecule has 1 aliphatic carbocycles. The third-order valence-corrected chi connectivity index (χ3v) is 7.80. The first-order valence-corrected chi connectivity index (χ1v) is 11.1. The van der Waals surface area contributed by atoms with Crippen LogP contribution in [0.5, 0.6) is 5.75 Å². The number of esters is 2. The van der Waals surface area contributed by atoms with E-state index in [1.165, 1.54) is 13.2 Å². The van der Waals surface area contributed by atoms with E-state index >= 15 is 0 Å². The van der Waals surface area contributed by atoms with E-state index in [0.717, 1.165) is 0 Å². The first kappa shape index (κ1) is 21.9. The summed E-state index contributed by atoms with van der Waals surface area (Å²) in [6.45, 7) is 7.23. The van der Waals surface area contributed by atoms with Crippen molar-refractivity contribution >= 4 is 38.8 Å². The van der Waals surface area contributed by atoms with Gasteiger partial charge in [-0.3, -0.25) is 9.59 Å². The van der Waals surface area contributed by atoms with Crippen LogP contribution in [0.1, 0.15) is 56.7 Å². The van der Waals surface area contributed by atoms with E-state index in [2.05, 4.69) is 15.9 Å². The van der Waals surface area contributed by atoms with Crippen molar-refractivity contribution in [2.24, 2.45) is 10.8 Å². The van der Waals surface area contributed by atoms with Gasteiger partial charge in [0.1, 0.15) is 23.7 Å². The van der Waals surface area contributed by atoms with Crippen LogP contribution < -0.4 is 10.2 Å². The maximum atomic E-state index is 13.2. The number of halogens is 1. The number of alkyl halides is 1. The highest BCUT2D eigenvalue weighted by Crippen LogP contribution is 2.65. The molecule has 31 heavy (non-hydrogen) atoms. The van der Waals surface area contributed by atoms with Crippen LogP contribution in [-0.4, -0.2) is 24.6 Å². The zero-order valence-electron chi connectivity index (χ0n) is 18.2. The highest BCUT2D eigenvalue weighted by Gasteiger charge is 2.76. The van der Waals surface area contributed by atoms with Crippen LogP contribution in [0.25, 0.3) is 11.0 Å². The summed E-state index contributed by atoms with van der Waals surface area (Å²) in [5.41, 5.74) is -2.21. The Morgan fingerprint density at radius 1 is 1.23 bits per heavy atom. The van der Waals surface area contributed by atoms with E-state index in [4.69, 9.17) is 18.6 Å². The van der Waals surface area contributed by atoms with Gasteiger partial charge in [0.2, 0.25) is 5.60 Å². The molecular weight excluding hydrogens is 468 g/mol. The second-order valence-corrected chi connectivity index (χ2v) is 10.4. The summed E-state index contributed by atoms with van der Waals surface area (Å²) < 4.78 is 22.7. The van der Waals surface area contributed by atoms with Gasteiger partial charge in [-0.2, -0.15) is 0 Å². The van der Waals surface area contributed by atoms with Gasteiger partial charge in [-0.15, -0.1) is 0 Å². The Bertz CT molecular complexity index is 1150. The fourth-order valence-corrected chi connectivity index (χ4v) is 4.98. The first-order chi connectivity index (χ1) is 14.5. The first-order valence-electron chi connectivity index (χ1n) is 10.2. The van der Waals surface area contributed by atoms with Crippen LogP contribution in [0.4, 0.5) is 0 Å². The minimum atomic E-state index is -1.33. The van der Waals surface area contributed by atoms with Crippen molar-refractivity contribution in [2.45, 2.75) is 57.6 Å². The lowest BCUT2D eigenvalue weighted by Gasteiger charge is -2.34. The molecule has 1 saturated heterocycles. The lowest BCUT2D eigenvalue weighted by Crippen LogP contribution is -2.48. The smallest absolute Gasteiger partial charge is 0.351 e. The number of fused-ring (bicyclic) bond motifs is 3. The van der Waals surface area contributed by atoms with Crippen molar-refractivity contribution < 1.29 is 28.2 Å². The topological polar surface area (TPSA) is 92.0 Å². The summed E-state index contributed by atoms with van der Waals surface area (Å²) in [5.74, 6) is -0.0857. The molecule has 3 atom stereocenters. The van der Waals surface area contributed by atoms with E-state index in [-0.39, 0.29) is 22.8 Å². The molecule has 0 amide bonds. The van der Waals surface area contributed by atoms with Crippen molar-refractivity contribution in [1.29, 1.82) is 0 Å². The maximum Gasteiger partial charge on any atom is 0.351 e. The molecule has 2 aromatic rings. The predicted molar refractivity (Wildman–Crippen MR) is 116 cm³/mol. The van der Waals surface area contributed by atoms with Crippen LogP contribution in [0, 0.1) is 10.8 Å². The molecule has 2 bridgehead atoms. The number of methoxy groups -OCH3 is 1. The zero-order valence-corrected chi connectivity index (χ0v) is 19.8. The van der Waals surface area contributed by atoms with Gasteiger partial charge < -0.3 is 18.6 Å². The molecule has 0 N–H and O–H groups in total. The Morgan fingerprint density at radius 3 is 2.48 bits per heavy atom. The molecule has 1 aliphatic heterocycles. The molecular formula is C23H25BrO7. The van der Waals surface area contributed by atoms with Gasteiger partial charge in [-0.05, 0) is 38.8 Å². The fraction of sp³-hybridized carbons (Fsp3) is 0.522. The summed E-state index contributed by atoms with van der Waals surface area (Å²) in [7, 11) is 1.49. The van der Waals surface area contributed by atoms with Gasteiger partial charge in [0.15, 0.2) is 5.43 Å². The Hall–Kier alpha value is -2.35. The van der Waals surface area contributed by atoms with Crippen LogP contribution in [0.3, 0.4) is 0 Å². The number of carbonyl (C=O) groups is 2. The quantitative estimate of drug-likeness (QED) is 0.450. The average molecular weight is 493 g/mol. The van der Waals surface area contributed by atoms with Crippen molar-refractivity contribution in [2.75, 3.05) is 7.11 Å².